The van der Waals surface area contributed by atoms with E-state index < -0.39 is 17.7 Å². The largest absolute Gasteiger partial charge is 0.481 e. The van der Waals surface area contributed by atoms with Crippen LogP contribution in [0.2, 0.25) is 5.15 Å². The predicted octanol–water partition coefficient (Wildman–Crippen LogP) is 4.05. The third-order valence-electron chi connectivity index (χ3n) is 2.77. The van der Waals surface area contributed by atoms with Crippen LogP contribution in [0.25, 0.3) is 11.3 Å². The maximum atomic E-state index is 12.5. The van der Waals surface area contributed by atoms with Crippen LogP contribution >= 0.6 is 11.6 Å². The molecule has 0 amide bonds. The van der Waals surface area contributed by atoms with E-state index >= 15 is 0 Å². The smallest absolute Gasteiger partial charge is 0.416 e. The molecule has 0 radical (unpaired) electrons. The lowest BCUT2D eigenvalue weighted by Gasteiger charge is -2.10. The molecular formula is C14H9ClF3NO2. The molecule has 0 aliphatic carbocycles. The number of hydrogen-bond acceptors (Lipinski definition) is 2. The first kappa shape index (κ1) is 15.3. The second kappa shape index (κ2) is 5.73. The fourth-order valence-corrected chi connectivity index (χ4v) is 1.98. The highest BCUT2D eigenvalue weighted by Crippen LogP contribution is 2.31. The van der Waals surface area contributed by atoms with Gasteiger partial charge >= 0.3 is 12.1 Å². The fraction of sp³-hybridized carbons (Fsp3) is 0.143. The van der Waals surface area contributed by atoms with Gasteiger partial charge in [0.25, 0.3) is 0 Å². The zero-order valence-corrected chi connectivity index (χ0v) is 11.2. The molecule has 2 rings (SSSR count). The zero-order valence-electron chi connectivity index (χ0n) is 10.5. The molecule has 2 aromatic rings. The number of nitrogens with zero attached hydrogens (tertiary/aromatic N) is 1. The van der Waals surface area contributed by atoms with Gasteiger partial charge in [-0.05, 0) is 23.8 Å². The van der Waals surface area contributed by atoms with Crippen LogP contribution in [0.5, 0.6) is 0 Å². The highest BCUT2D eigenvalue weighted by atomic mass is 35.5. The van der Waals surface area contributed by atoms with E-state index in [-0.39, 0.29) is 17.3 Å². The van der Waals surface area contributed by atoms with Crippen molar-refractivity contribution >= 4 is 17.6 Å². The van der Waals surface area contributed by atoms with Gasteiger partial charge in [-0.1, -0.05) is 29.8 Å². The Hall–Kier alpha value is -2.08. The number of alkyl halides is 3. The molecule has 1 N–H and O–H groups in total. The predicted molar refractivity (Wildman–Crippen MR) is 71.0 cm³/mol. The summed E-state index contributed by atoms with van der Waals surface area (Å²) in [7, 11) is 0. The Morgan fingerprint density at radius 2 is 1.76 bits per heavy atom. The molecule has 1 heterocycles. The minimum absolute atomic E-state index is 0.138. The van der Waals surface area contributed by atoms with E-state index in [2.05, 4.69) is 4.98 Å². The van der Waals surface area contributed by atoms with Crippen molar-refractivity contribution in [3.8, 4) is 11.3 Å². The summed E-state index contributed by atoms with van der Waals surface area (Å²) in [5.41, 5.74) is 0.236. The number of carboxylic acids is 1. The molecule has 0 bridgehead atoms. The van der Waals surface area contributed by atoms with Crippen LogP contribution in [0.15, 0.2) is 36.4 Å². The fourth-order valence-electron chi connectivity index (χ4n) is 1.84. The van der Waals surface area contributed by atoms with Crippen LogP contribution in [0.1, 0.15) is 11.1 Å². The van der Waals surface area contributed by atoms with Crippen molar-refractivity contribution in [2.45, 2.75) is 12.6 Å². The lowest BCUT2D eigenvalue weighted by atomic mass is 10.0. The number of pyridine rings is 1. The van der Waals surface area contributed by atoms with Crippen molar-refractivity contribution in [1.29, 1.82) is 0 Å². The maximum Gasteiger partial charge on any atom is 0.416 e. The molecule has 21 heavy (non-hydrogen) atoms. The SMILES string of the molecule is O=C(O)Cc1ccc(Cl)nc1-c1ccc(C(F)(F)F)cc1. The average molecular weight is 316 g/mol. The number of carbonyl (C=O) groups is 1. The van der Waals surface area contributed by atoms with Crippen LogP contribution in [0, 0.1) is 0 Å². The highest BCUT2D eigenvalue weighted by molar-refractivity contribution is 6.29. The lowest BCUT2D eigenvalue weighted by Crippen LogP contribution is -2.05. The quantitative estimate of drug-likeness (QED) is 0.869. The Bertz CT molecular complexity index is 669. The van der Waals surface area contributed by atoms with Gasteiger partial charge in [0, 0.05) is 5.56 Å². The van der Waals surface area contributed by atoms with Crippen molar-refractivity contribution in [3.05, 3.63) is 52.7 Å². The van der Waals surface area contributed by atoms with E-state index in [0.717, 1.165) is 12.1 Å². The second-order valence-corrected chi connectivity index (χ2v) is 4.67. The van der Waals surface area contributed by atoms with Gasteiger partial charge < -0.3 is 5.11 Å². The van der Waals surface area contributed by atoms with Crippen molar-refractivity contribution in [2.24, 2.45) is 0 Å². The molecule has 0 atom stereocenters. The third-order valence-corrected chi connectivity index (χ3v) is 2.98. The zero-order chi connectivity index (χ0) is 15.6. The Morgan fingerprint density at radius 1 is 1.14 bits per heavy atom. The monoisotopic (exact) mass is 315 g/mol. The number of halogens is 4. The summed E-state index contributed by atoms with van der Waals surface area (Å²) in [5.74, 6) is -1.06. The van der Waals surface area contributed by atoms with Crippen molar-refractivity contribution in [3.63, 3.8) is 0 Å². The first-order valence-corrected chi connectivity index (χ1v) is 6.20. The van der Waals surface area contributed by atoms with Gasteiger partial charge in [0.1, 0.15) is 5.15 Å². The number of rotatable bonds is 3. The Kier molecular flexibility index (Phi) is 4.18. The first-order valence-electron chi connectivity index (χ1n) is 5.82. The molecule has 7 heteroatoms. The lowest BCUT2D eigenvalue weighted by molar-refractivity contribution is -0.138. The van der Waals surface area contributed by atoms with E-state index in [1.807, 2.05) is 0 Å². The van der Waals surface area contributed by atoms with Crippen molar-refractivity contribution in [1.82, 2.24) is 4.98 Å². The topological polar surface area (TPSA) is 50.2 Å². The minimum atomic E-state index is -4.43. The van der Waals surface area contributed by atoms with Gasteiger partial charge in [0.15, 0.2) is 0 Å². The molecule has 3 nitrogen and oxygen atoms in total. The van der Waals surface area contributed by atoms with Gasteiger partial charge in [0.2, 0.25) is 0 Å². The summed E-state index contributed by atoms with van der Waals surface area (Å²) >= 11 is 5.77. The molecule has 0 spiro atoms. The summed E-state index contributed by atoms with van der Waals surface area (Å²) in [6.07, 6.45) is -4.72. The van der Waals surface area contributed by atoms with E-state index in [1.165, 1.54) is 24.3 Å². The molecule has 1 aromatic carbocycles. The third kappa shape index (κ3) is 3.72. The van der Waals surface area contributed by atoms with E-state index in [9.17, 15) is 18.0 Å². The van der Waals surface area contributed by atoms with Crippen LogP contribution in [-0.4, -0.2) is 16.1 Å². The second-order valence-electron chi connectivity index (χ2n) is 4.29. The number of hydrogen-bond donors (Lipinski definition) is 1. The molecule has 1 aromatic heterocycles. The molecule has 0 aliphatic heterocycles. The summed E-state index contributed by atoms with van der Waals surface area (Å²) < 4.78 is 37.6. The van der Waals surface area contributed by atoms with Crippen LogP contribution in [-0.2, 0) is 17.4 Å². The molecule has 0 saturated carbocycles. The standard InChI is InChI=1S/C14H9ClF3NO2/c15-11-6-3-9(7-12(20)21)13(19-11)8-1-4-10(5-2-8)14(16,17)18/h1-6H,7H2,(H,20,21). The number of carboxylic acid groups (broad SMARTS) is 1. The molecule has 0 aliphatic rings. The molecule has 0 saturated heterocycles. The molecule has 0 unspecified atom stereocenters. The van der Waals surface area contributed by atoms with Gasteiger partial charge in [-0.15, -0.1) is 0 Å². The maximum absolute atomic E-state index is 12.5. The summed E-state index contributed by atoms with van der Waals surface area (Å²) in [5, 5.41) is 8.99. The van der Waals surface area contributed by atoms with Crippen molar-refractivity contribution < 1.29 is 23.1 Å². The molecular weight excluding hydrogens is 307 g/mol. The number of aromatic nitrogens is 1. The Morgan fingerprint density at radius 3 is 2.29 bits per heavy atom. The average Bonchev–Trinajstić information content (AvgIpc) is 2.39. The van der Waals surface area contributed by atoms with Gasteiger partial charge in [-0.2, -0.15) is 13.2 Å². The highest BCUT2D eigenvalue weighted by Gasteiger charge is 2.30. The Labute approximate surface area is 123 Å². The van der Waals surface area contributed by atoms with E-state index in [4.69, 9.17) is 16.7 Å². The first-order chi connectivity index (χ1) is 9.77. The number of benzene rings is 1. The van der Waals surface area contributed by atoms with Crippen LogP contribution < -0.4 is 0 Å². The Balaban J connectivity index is 2.45. The van der Waals surface area contributed by atoms with Crippen LogP contribution in [0.4, 0.5) is 13.2 Å². The van der Waals surface area contributed by atoms with Crippen LogP contribution in [0.3, 0.4) is 0 Å². The summed E-state index contributed by atoms with van der Waals surface area (Å²) in [4.78, 5) is 14.8. The van der Waals surface area contributed by atoms with Gasteiger partial charge in [-0.3, -0.25) is 4.79 Å². The van der Waals surface area contributed by atoms with E-state index in [0.29, 0.717) is 11.1 Å². The minimum Gasteiger partial charge on any atom is -0.481 e. The summed E-state index contributed by atoms with van der Waals surface area (Å²) in [6, 6.07) is 7.26. The normalized spacial score (nSPS) is 11.4. The molecule has 0 fully saturated rings. The molecule has 110 valence electrons. The van der Waals surface area contributed by atoms with Gasteiger partial charge in [-0.25, -0.2) is 4.98 Å². The van der Waals surface area contributed by atoms with Gasteiger partial charge in [0.05, 0.1) is 17.7 Å². The summed E-state index contributed by atoms with van der Waals surface area (Å²) in [6.45, 7) is 0. The van der Waals surface area contributed by atoms with E-state index in [1.54, 1.807) is 0 Å². The number of aliphatic carboxylic acids is 1. The van der Waals surface area contributed by atoms with Crippen molar-refractivity contribution in [2.75, 3.05) is 0 Å².